The first-order valence-electron chi connectivity index (χ1n) is 5.98. The summed E-state index contributed by atoms with van der Waals surface area (Å²) in [6.45, 7) is 0. The number of hydrogen-bond acceptors (Lipinski definition) is 2. The third-order valence-corrected chi connectivity index (χ3v) is 3.53. The highest BCUT2D eigenvalue weighted by atomic mass is 35.5. The lowest BCUT2D eigenvalue weighted by molar-refractivity contribution is -0.124. The average molecular weight is 251 g/mol. The Morgan fingerprint density at radius 1 is 1.24 bits per heavy atom. The molecule has 0 aliphatic heterocycles. The molecule has 0 amide bonds. The predicted octanol–water partition coefficient (Wildman–Crippen LogP) is 3.67. The monoisotopic (exact) mass is 250 g/mol. The lowest BCUT2D eigenvalue weighted by atomic mass is 9.83. The van der Waals surface area contributed by atoms with E-state index in [2.05, 4.69) is 0 Å². The van der Waals surface area contributed by atoms with Crippen LogP contribution in [-0.2, 0) is 4.79 Å². The second-order valence-corrected chi connectivity index (χ2v) is 4.98. The van der Waals surface area contributed by atoms with Crippen LogP contribution >= 0.6 is 11.6 Å². The largest absolute Gasteiger partial charge is 0.299 e. The SMILES string of the molecule is O=C(CC1CCCCC1=O)c1ccc(Cl)cc1. The van der Waals surface area contributed by atoms with E-state index in [-0.39, 0.29) is 17.5 Å². The van der Waals surface area contributed by atoms with Gasteiger partial charge in [-0.1, -0.05) is 18.0 Å². The molecule has 1 aromatic rings. The summed E-state index contributed by atoms with van der Waals surface area (Å²) < 4.78 is 0. The molecule has 0 N–H and O–H groups in total. The highest BCUT2D eigenvalue weighted by molar-refractivity contribution is 6.30. The van der Waals surface area contributed by atoms with Crippen molar-refractivity contribution in [3.8, 4) is 0 Å². The van der Waals surface area contributed by atoms with Crippen LogP contribution in [0.25, 0.3) is 0 Å². The summed E-state index contributed by atoms with van der Waals surface area (Å²) in [5, 5.41) is 0.621. The zero-order valence-electron chi connectivity index (χ0n) is 9.62. The Balaban J connectivity index is 2.01. The molecular weight excluding hydrogens is 236 g/mol. The maximum Gasteiger partial charge on any atom is 0.163 e. The van der Waals surface area contributed by atoms with E-state index in [1.54, 1.807) is 24.3 Å². The maximum absolute atomic E-state index is 12.0. The first kappa shape index (κ1) is 12.3. The summed E-state index contributed by atoms with van der Waals surface area (Å²) in [4.78, 5) is 23.6. The van der Waals surface area contributed by atoms with Gasteiger partial charge >= 0.3 is 0 Å². The second kappa shape index (κ2) is 5.46. The predicted molar refractivity (Wildman–Crippen MR) is 67.4 cm³/mol. The van der Waals surface area contributed by atoms with E-state index >= 15 is 0 Å². The quantitative estimate of drug-likeness (QED) is 0.767. The number of rotatable bonds is 3. The van der Waals surface area contributed by atoms with Gasteiger partial charge in [-0.05, 0) is 37.1 Å². The zero-order chi connectivity index (χ0) is 12.3. The zero-order valence-corrected chi connectivity index (χ0v) is 10.4. The summed E-state index contributed by atoms with van der Waals surface area (Å²) in [6, 6.07) is 6.85. The number of benzene rings is 1. The molecule has 0 spiro atoms. The van der Waals surface area contributed by atoms with Crippen molar-refractivity contribution >= 4 is 23.2 Å². The van der Waals surface area contributed by atoms with E-state index in [1.807, 2.05) is 0 Å². The average Bonchev–Trinajstić information content (AvgIpc) is 2.33. The van der Waals surface area contributed by atoms with Crippen LogP contribution < -0.4 is 0 Å². The van der Waals surface area contributed by atoms with Crippen molar-refractivity contribution in [3.63, 3.8) is 0 Å². The van der Waals surface area contributed by atoms with Gasteiger partial charge in [0.05, 0.1) is 0 Å². The molecule has 1 saturated carbocycles. The van der Waals surface area contributed by atoms with E-state index in [1.165, 1.54) is 0 Å². The van der Waals surface area contributed by atoms with Gasteiger partial charge in [0.1, 0.15) is 5.78 Å². The normalized spacial score (nSPS) is 20.3. The highest BCUT2D eigenvalue weighted by Crippen LogP contribution is 2.25. The van der Waals surface area contributed by atoms with Crippen molar-refractivity contribution in [2.24, 2.45) is 5.92 Å². The van der Waals surface area contributed by atoms with Crippen molar-refractivity contribution < 1.29 is 9.59 Å². The Morgan fingerprint density at radius 3 is 2.59 bits per heavy atom. The summed E-state index contributed by atoms with van der Waals surface area (Å²) >= 11 is 5.77. The van der Waals surface area contributed by atoms with E-state index < -0.39 is 0 Å². The minimum atomic E-state index is -0.0630. The van der Waals surface area contributed by atoms with E-state index in [0.29, 0.717) is 23.4 Å². The molecule has 2 rings (SSSR count). The molecule has 1 atom stereocenters. The minimum absolute atomic E-state index is 0.0434. The van der Waals surface area contributed by atoms with Gasteiger partial charge in [-0.25, -0.2) is 0 Å². The molecular formula is C14H15ClO2. The number of ketones is 2. The van der Waals surface area contributed by atoms with Crippen LogP contribution in [0.1, 0.15) is 42.5 Å². The van der Waals surface area contributed by atoms with Crippen LogP contribution in [0.3, 0.4) is 0 Å². The Labute approximate surface area is 106 Å². The molecule has 0 saturated heterocycles. The number of halogens is 1. The van der Waals surface area contributed by atoms with Gasteiger partial charge in [-0.2, -0.15) is 0 Å². The van der Waals surface area contributed by atoms with E-state index in [9.17, 15) is 9.59 Å². The Kier molecular flexibility index (Phi) is 3.95. The van der Waals surface area contributed by atoms with Gasteiger partial charge in [0, 0.05) is 29.3 Å². The van der Waals surface area contributed by atoms with Gasteiger partial charge in [-0.3, -0.25) is 9.59 Å². The maximum atomic E-state index is 12.0. The molecule has 1 aromatic carbocycles. The Bertz CT molecular complexity index is 422. The molecule has 1 aliphatic rings. The van der Waals surface area contributed by atoms with E-state index in [0.717, 1.165) is 19.3 Å². The number of hydrogen-bond donors (Lipinski definition) is 0. The molecule has 17 heavy (non-hydrogen) atoms. The Morgan fingerprint density at radius 2 is 1.94 bits per heavy atom. The number of carbonyl (C=O) groups excluding carboxylic acids is 2. The molecule has 0 heterocycles. The van der Waals surface area contributed by atoms with Gasteiger partial charge in [0.25, 0.3) is 0 Å². The first-order valence-corrected chi connectivity index (χ1v) is 6.36. The molecule has 1 aliphatic carbocycles. The molecule has 3 heteroatoms. The smallest absolute Gasteiger partial charge is 0.163 e. The van der Waals surface area contributed by atoms with Crippen molar-refractivity contribution in [2.45, 2.75) is 32.1 Å². The van der Waals surface area contributed by atoms with E-state index in [4.69, 9.17) is 11.6 Å². The molecule has 90 valence electrons. The third kappa shape index (κ3) is 3.16. The standard InChI is InChI=1S/C14H15ClO2/c15-12-7-5-10(6-8-12)14(17)9-11-3-1-2-4-13(11)16/h5-8,11H,1-4,9H2. The first-order chi connectivity index (χ1) is 8.16. The number of Topliss-reactive ketones (excluding diaryl/α,β-unsaturated/α-hetero) is 2. The topological polar surface area (TPSA) is 34.1 Å². The van der Waals surface area contributed by atoms with Gasteiger partial charge in [0.2, 0.25) is 0 Å². The van der Waals surface area contributed by atoms with Crippen LogP contribution in [-0.4, -0.2) is 11.6 Å². The van der Waals surface area contributed by atoms with Crippen molar-refractivity contribution in [2.75, 3.05) is 0 Å². The molecule has 0 aromatic heterocycles. The summed E-state index contributed by atoms with van der Waals surface area (Å²) in [7, 11) is 0. The molecule has 1 fully saturated rings. The van der Waals surface area contributed by atoms with Gasteiger partial charge in [-0.15, -0.1) is 0 Å². The van der Waals surface area contributed by atoms with Crippen LogP contribution in [0, 0.1) is 5.92 Å². The fourth-order valence-corrected chi connectivity index (χ4v) is 2.37. The second-order valence-electron chi connectivity index (χ2n) is 4.54. The third-order valence-electron chi connectivity index (χ3n) is 3.28. The minimum Gasteiger partial charge on any atom is -0.299 e. The van der Waals surface area contributed by atoms with Crippen LogP contribution in [0.15, 0.2) is 24.3 Å². The van der Waals surface area contributed by atoms with Crippen molar-refractivity contribution in [3.05, 3.63) is 34.9 Å². The Hall–Kier alpha value is -1.15. The summed E-state index contributed by atoms with van der Waals surface area (Å²) in [5.41, 5.74) is 0.646. The van der Waals surface area contributed by atoms with Crippen molar-refractivity contribution in [1.29, 1.82) is 0 Å². The van der Waals surface area contributed by atoms with Crippen LogP contribution in [0.5, 0.6) is 0 Å². The number of carbonyl (C=O) groups is 2. The molecule has 1 unspecified atom stereocenters. The summed E-state index contributed by atoms with van der Waals surface area (Å²) in [6.07, 6.45) is 3.88. The fourth-order valence-electron chi connectivity index (χ4n) is 2.25. The lowest BCUT2D eigenvalue weighted by Gasteiger charge is -2.19. The molecule has 0 bridgehead atoms. The van der Waals surface area contributed by atoms with Crippen LogP contribution in [0.2, 0.25) is 5.02 Å². The molecule has 2 nitrogen and oxygen atoms in total. The summed E-state index contributed by atoms with van der Waals surface area (Å²) in [5.74, 6) is 0.229. The van der Waals surface area contributed by atoms with Gasteiger partial charge < -0.3 is 0 Å². The van der Waals surface area contributed by atoms with Gasteiger partial charge in [0.15, 0.2) is 5.78 Å². The molecule has 0 radical (unpaired) electrons. The van der Waals surface area contributed by atoms with Crippen LogP contribution in [0.4, 0.5) is 0 Å². The lowest BCUT2D eigenvalue weighted by Crippen LogP contribution is -2.22. The highest BCUT2D eigenvalue weighted by Gasteiger charge is 2.24. The van der Waals surface area contributed by atoms with Crippen molar-refractivity contribution in [1.82, 2.24) is 0 Å². The fraction of sp³-hybridized carbons (Fsp3) is 0.429.